The maximum atomic E-state index is 11.0. The SMILES string of the molecule is CN=C(NCCS(C)(=O)=O)NCc1sccc1C. The van der Waals surface area contributed by atoms with Crippen LogP contribution in [0.5, 0.6) is 0 Å². The van der Waals surface area contributed by atoms with Gasteiger partial charge in [-0.05, 0) is 23.9 Å². The van der Waals surface area contributed by atoms with Crippen molar-refractivity contribution in [2.24, 2.45) is 4.99 Å². The largest absolute Gasteiger partial charge is 0.355 e. The molecule has 1 aromatic heterocycles. The number of sulfone groups is 1. The molecule has 0 unspecified atom stereocenters. The van der Waals surface area contributed by atoms with Gasteiger partial charge in [0, 0.05) is 24.7 Å². The summed E-state index contributed by atoms with van der Waals surface area (Å²) in [7, 11) is -1.27. The Kier molecular flexibility index (Phi) is 5.61. The molecule has 1 rings (SSSR count). The van der Waals surface area contributed by atoms with Crippen molar-refractivity contribution < 1.29 is 8.42 Å². The predicted molar refractivity (Wildman–Crippen MR) is 77.0 cm³/mol. The van der Waals surface area contributed by atoms with Gasteiger partial charge < -0.3 is 10.6 Å². The first-order valence-electron chi connectivity index (χ1n) is 5.57. The monoisotopic (exact) mass is 289 g/mol. The second-order valence-electron chi connectivity index (χ2n) is 4.01. The summed E-state index contributed by atoms with van der Waals surface area (Å²) in [5, 5.41) is 8.17. The van der Waals surface area contributed by atoms with Gasteiger partial charge in [-0.1, -0.05) is 0 Å². The fourth-order valence-corrected chi connectivity index (χ4v) is 2.64. The number of nitrogens with zero attached hydrogens (tertiary/aromatic N) is 1. The molecule has 0 atom stereocenters. The first kappa shape index (κ1) is 15.0. The molecule has 0 spiro atoms. The maximum absolute atomic E-state index is 11.0. The number of aryl methyl sites for hydroxylation is 1. The van der Waals surface area contributed by atoms with E-state index in [1.165, 1.54) is 16.7 Å². The van der Waals surface area contributed by atoms with Crippen LogP contribution in [-0.2, 0) is 16.4 Å². The molecule has 0 bridgehead atoms. The van der Waals surface area contributed by atoms with Crippen LogP contribution in [0.2, 0.25) is 0 Å². The smallest absolute Gasteiger partial charge is 0.191 e. The summed E-state index contributed by atoms with van der Waals surface area (Å²) in [6.45, 7) is 3.12. The lowest BCUT2D eigenvalue weighted by molar-refractivity contribution is 0.600. The molecule has 0 saturated heterocycles. The van der Waals surface area contributed by atoms with E-state index < -0.39 is 9.84 Å². The van der Waals surface area contributed by atoms with Gasteiger partial charge in [0.15, 0.2) is 5.96 Å². The number of thiophene rings is 1. The van der Waals surface area contributed by atoms with Crippen molar-refractivity contribution in [1.29, 1.82) is 0 Å². The Morgan fingerprint density at radius 2 is 2.17 bits per heavy atom. The van der Waals surface area contributed by atoms with Gasteiger partial charge >= 0.3 is 0 Å². The normalized spacial score (nSPS) is 12.5. The molecule has 5 nitrogen and oxygen atoms in total. The highest BCUT2D eigenvalue weighted by atomic mass is 32.2. The first-order valence-corrected chi connectivity index (χ1v) is 8.51. The molecular formula is C11H19N3O2S2. The lowest BCUT2D eigenvalue weighted by Crippen LogP contribution is -2.39. The van der Waals surface area contributed by atoms with E-state index >= 15 is 0 Å². The molecule has 0 amide bonds. The van der Waals surface area contributed by atoms with Gasteiger partial charge in [0.1, 0.15) is 9.84 Å². The molecule has 102 valence electrons. The third-order valence-electron chi connectivity index (χ3n) is 2.37. The van der Waals surface area contributed by atoms with Gasteiger partial charge in [-0.2, -0.15) is 0 Å². The van der Waals surface area contributed by atoms with E-state index in [0.717, 1.165) is 0 Å². The van der Waals surface area contributed by atoms with Gasteiger partial charge in [-0.3, -0.25) is 4.99 Å². The second-order valence-corrected chi connectivity index (χ2v) is 7.27. The summed E-state index contributed by atoms with van der Waals surface area (Å²) in [6, 6.07) is 2.07. The quantitative estimate of drug-likeness (QED) is 0.620. The van der Waals surface area contributed by atoms with Crippen LogP contribution >= 0.6 is 11.3 Å². The maximum Gasteiger partial charge on any atom is 0.191 e. The average molecular weight is 289 g/mol. The van der Waals surface area contributed by atoms with Gasteiger partial charge in [0.2, 0.25) is 0 Å². The lowest BCUT2D eigenvalue weighted by Gasteiger charge is -2.11. The van der Waals surface area contributed by atoms with Crippen molar-refractivity contribution in [2.45, 2.75) is 13.5 Å². The van der Waals surface area contributed by atoms with E-state index in [9.17, 15) is 8.42 Å². The molecule has 0 radical (unpaired) electrons. The highest BCUT2D eigenvalue weighted by Crippen LogP contribution is 2.14. The summed E-state index contributed by atoms with van der Waals surface area (Å²) in [5.74, 6) is 0.720. The second kappa shape index (κ2) is 6.75. The Balaban J connectivity index is 2.37. The zero-order valence-electron chi connectivity index (χ0n) is 10.9. The molecule has 0 aromatic carbocycles. The molecule has 1 aromatic rings. The topological polar surface area (TPSA) is 70.6 Å². The van der Waals surface area contributed by atoms with Crippen LogP contribution in [0.3, 0.4) is 0 Å². The van der Waals surface area contributed by atoms with Crippen LogP contribution in [0, 0.1) is 6.92 Å². The van der Waals surface area contributed by atoms with Crippen molar-refractivity contribution in [1.82, 2.24) is 10.6 Å². The van der Waals surface area contributed by atoms with Gasteiger partial charge in [-0.15, -0.1) is 11.3 Å². The van der Waals surface area contributed by atoms with Crippen LogP contribution in [0.1, 0.15) is 10.4 Å². The number of guanidine groups is 1. The van der Waals surface area contributed by atoms with Gasteiger partial charge in [0.05, 0.1) is 12.3 Å². The minimum Gasteiger partial charge on any atom is -0.355 e. The molecule has 0 saturated carbocycles. The van der Waals surface area contributed by atoms with Crippen molar-refractivity contribution in [2.75, 3.05) is 25.6 Å². The Labute approximate surface area is 112 Å². The van der Waals surface area contributed by atoms with Crippen LogP contribution in [0.25, 0.3) is 0 Å². The van der Waals surface area contributed by atoms with Crippen LogP contribution in [0.4, 0.5) is 0 Å². The molecule has 2 N–H and O–H groups in total. The summed E-state index contributed by atoms with van der Waals surface area (Å²) in [5.41, 5.74) is 1.25. The number of rotatable bonds is 5. The van der Waals surface area contributed by atoms with Crippen LogP contribution in [0.15, 0.2) is 16.4 Å². The van der Waals surface area contributed by atoms with E-state index in [-0.39, 0.29) is 5.75 Å². The van der Waals surface area contributed by atoms with Crippen molar-refractivity contribution in [3.05, 3.63) is 21.9 Å². The highest BCUT2D eigenvalue weighted by Gasteiger charge is 2.04. The van der Waals surface area contributed by atoms with E-state index in [4.69, 9.17) is 0 Å². The summed E-state index contributed by atoms with van der Waals surface area (Å²) < 4.78 is 22.0. The Bertz CT molecular complexity index is 506. The van der Waals surface area contributed by atoms with Crippen molar-refractivity contribution in [3.8, 4) is 0 Å². The average Bonchev–Trinajstić information content (AvgIpc) is 2.67. The number of hydrogen-bond donors (Lipinski definition) is 2. The third kappa shape index (κ3) is 5.50. The van der Waals surface area contributed by atoms with Crippen molar-refractivity contribution >= 4 is 27.1 Å². The predicted octanol–water partition coefficient (Wildman–Crippen LogP) is 0.766. The minimum atomic E-state index is -2.94. The zero-order chi connectivity index (χ0) is 13.6. The van der Waals surface area contributed by atoms with Crippen LogP contribution in [-0.4, -0.2) is 40.0 Å². The molecule has 1 heterocycles. The van der Waals surface area contributed by atoms with E-state index in [1.54, 1.807) is 18.4 Å². The molecule has 0 aliphatic rings. The fourth-order valence-electron chi connectivity index (χ4n) is 1.32. The van der Waals surface area contributed by atoms with Gasteiger partial charge in [0.25, 0.3) is 0 Å². The molecule has 0 fully saturated rings. The Hall–Kier alpha value is -1.08. The summed E-state index contributed by atoms with van der Waals surface area (Å²) in [6.07, 6.45) is 1.22. The minimum absolute atomic E-state index is 0.103. The molecule has 7 heteroatoms. The highest BCUT2D eigenvalue weighted by molar-refractivity contribution is 7.90. The van der Waals surface area contributed by atoms with Crippen LogP contribution < -0.4 is 10.6 Å². The number of aliphatic imine (C=N–C) groups is 1. The molecule has 18 heavy (non-hydrogen) atoms. The number of hydrogen-bond acceptors (Lipinski definition) is 4. The summed E-state index contributed by atoms with van der Waals surface area (Å²) in [4.78, 5) is 5.29. The molecule has 0 aliphatic heterocycles. The summed E-state index contributed by atoms with van der Waals surface area (Å²) >= 11 is 1.69. The van der Waals surface area contributed by atoms with E-state index in [0.29, 0.717) is 19.0 Å². The standard InChI is InChI=1S/C11H19N3O2S2/c1-9-4-6-17-10(9)8-14-11(12-2)13-5-7-18(3,15)16/h4,6H,5,7-8H2,1-3H3,(H2,12,13,14). The number of nitrogens with one attached hydrogen (secondary N) is 2. The van der Waals surface area contributed by atoms with E-state index in [2.05, 4.69) is 28.6 Å². The Morgan fingerprint density at radius 3 is 2.67 bits per heavy atom. The van der Waals surface area contributed by atoms with Crippen molar-refractivity contribution in [3.63, 3.8) is 0 Å². The van der Waals surface area contributed by atoms with E-state index in [1.807, 2.05) is 5.38 Å². The zero-order valence-corrected chi connectivity index (χ0v) is 12.5. The Morgan fingerprint density at radius 1 is 1.44 bits per heavy atom. The molecular weight excluding hydrogens is 270 g/mol. The first-order chi connectivity index (χ1) is 8.42. The lowest BCUT2D eigenvalue weighted by atomic mass is 10.3. The third-order valence-corrected chi connectivity index (χ3v) is 4.34. The molecule has 0 aliphatic carbocycles. The van der Waals surface area contributed by atoms with Gasteiger partial charge in [-0.25, -0.2) is 8.42 Å². The fraction of sp³-hybridized carbons (Fsp3) is 0.545.